The minimum Gasteiger partial charge on any atom is -0.460 e. The van der Waals surface area contributed by atoms with Crippen molar-refractivity contribution in [3.05, 3.63) is 42.1 Å². The minimum absolute atomic E-state index is 0.174. The molecule has 2 aromatic rings. The Morgan fingerprint density at radius 1 is 1.29 bits per heavy atom. The van der Waals surface area contributed by atoms with Crippen molar-refractivity contribution in [1.29, 1.82) is 0 Å². The van der Waals surface area contributed by atoms with Gasteiger partial charge in [0.1, 0.15) is 0 Å². The summed E-state index contributed by atoms with van der Waals surface area (Å²) in [5, 5.41) is 7.31. The summed E-state index contributed by atoms with van der Waals surface area (Å²) in [5.74, 6) is 0.281. The first-order valence-corrected chi connectivity index (χ1v) is 8.02. The molecule has 1 aromatic heterocycles. The van der Waals surface area contributed by atoms with Crippen LogP contribution in [0.25, 0.3) is 5.69 Å². The number of nitrogens with one attached hydrogen (secondary N) is 1. The number of para-hydroxylation sites is 1. The summed E-state index contributed by atoms with van der Waals surface area (Å²) in [4.78, 5) is 12.3. The summed E-state index contributed by atoms with van der Waals surface area (Å²) in [5.41, 5.74) is 0.810. The third-order valence-corrected chi connectivity index (χ3v) is 3.58. The maximum Gasteiger partial charge on any atom is 0.263 e. The minimum atomic E-state index is -1.01. The number of aromatic nitrogens is 2. The molecule has 0 unspecified atom stereocenters. The zero-order valence-corrected chi connectivity index (χ0v) is 14.7. The Balaban J connectivity index is 2.04. The average molecular weight is 331 g/mol. The van der Waals surface area contributed by atoms with Crippen LogP contribution in [0.3, 0.4) is 0 Å². The van der Waals surface area contributed by atoms with E-state index in [1.807, 2.05) is 43.5 Å². The van der Waals surface area contributed by atoms with Gasteiger partial charge in [0.2, 0.25) is 5.88 Å². The fraction of sp³-hybridized carbons (Fsp3) is 0.444. The average Bonchev–Trinajstić information content (AvgIpc) is 2.92. The van der Waals surface area contributed by atoms with Gasteiger partial charge in [0.05, 0.1) is 5.69 Å². The van der Waals surface area contributed by atoms with Crippen molar-refractivity contribution < 1.29 is 14.3 Å². The van der Waals surface area contributed by atoms with Gasteiger partial charge in [0.25, 0.3) is 5.91 Å². The molecule has 0 fully saturated rings. The molecule has 0 saturated heterocycles. The van der Waals surface area contributed by atoms with Gasteiger partial charge in [-0.15, -0.1) is 5.10 Å². The zero-order chi connectivity index (χ0) is 17.6. The molecule has 0 radical (unpaired) electrons. The van der Waals surface area contributed by atoms with E-state index in [2.05, 4.69) is 10.4 Å². The highest BCUT2D eigenvalue weighted by Crippen LogP contribution is 2.22. The molecule has 6 nitrogen and oxygen atoms in total. The van der Waals surface area contributed by atoms with Gasteiger partial charge in [0.15, 0.2) is 5.60 Å². The van der Waals surface area contributed by atoms with Crippen molar-refractivity contribution in [3.8, 4) is 11.6 Å². The fourth-order valence-electron chi connectivity index (χ4n) is 2.18. The normalized spacial score (nSPS) is 11.3. The third-order valence-electron chi connectivity index (χ3n) is 3.58. The molecule has 0 aliphatic rings. The molecule has 0 aliphatic heterocycles. The summed E-state index contributed by atoms with van der Waals surface area (Å²) in [6.45, 7) is 6.55. The standard InChI is InChI=1S/C18H25N3O3/c1-14-13-21(15-9-6-5-7-10-15)20-16(14)24-18(2,3)17(22)19-11-8-12-23-4/h5-7,9-10,13H,8,11-12H2,1-4H3,(H,19,22). The Hall–Kier alpha value is -2.34. The first-order chi connectivity index (χ1) is 11.4. The Bertz CT molecular complexity index is 665. The lowest BCUT2D eigenvalue weighted by Gasteiger charge is -2.24. The van der Waals surface area contributed by atoms with Gasteiger partial charge in [-0.3, -0.25) is 4.79 Å². The molecule has 1 aromatic carbocycles. The van der Waals surface area contributed by atoms with Crippen molar-refractivity contribution in [2.24, 2.45) is 0 Å². The lowest BCUT2D eigenvalue weighted by atomic mass is 10.1. The molecule has 0 bridgehead atoms. The lowest BCUT2D eigenvalue weighted by Crippen LogP contribution is -2.47. The number of hydrogen-bond acceptors (Lipinski definition) is 4. The summed E-state index contributed by atoms with van der Waals surface area (Å²) in [6, 6.07) is 9.77. The smallest absolute Gasteiger partial charge is 0.263 e. The van der Waals surface area contributed by atoms with E-state index in [1.54, 1.807) is 25.6 Å². The molecular formula is C18H25N3O3. The second-order valence-electron chi connectivity index (χ2n) is 6.11. The predicted molar refractivity (Wildman–Crippen MR) is 92.5 cm³/mol. The van der Waals surface area contributed by atoms with Crippen LogP contribution in [0.2, 0.25) is 0 Å². The van der Waals surface area contributed by atoms with Crippen LogP contribution in [-0.4, -0.2) is 41.6 Å². The number of methoxy groups -OCH3 is 1. The van der Waals surface area contributed by atoms with Gasteiger partial charge >= 0.3 is 0 Å². The van der Waals surface area contributed by atoms with Gasteiger partial charge < -0.3 is 14.8 Å². The largest absolute Gasteiger partial charge is 0.460 e. The molecule has 0 atom stereocenters. The van der Waals surface area contributed by atoms with E-state index in [9.17, 15) is 4.79 Å². The molecule has 0 spiro atoms. The number of carbonyl (C=O) groups is 1. The summed E-state index contributed by atoms with van der Waals surface area (Å²) >= 11 is 0. The molecule has 0 saturated carbocycles. The van der Waals surface area contributed by atoms with Crippen LogP contribution in [0.15, 0.2) is 36.5 Å². The van der Waals surface area contributed by atoms with Crippen LogP contribution in [0.4, 0.5) is 0 Å². The van der Waals surface area contributed by atoms with Crippen LogP contribution in [-0.2, 0) is 9.53 Å². The molecule has 24 heavy (non-hydrogen) atoms. The highest BCUT2D eigenvalue weighted by molar-refractivity contribution is 5.84. The van der Waals surface area contributed by atoms with Crippen molar-refractivity contribution in [3.63, 3.8) is 0 Å². The second kappa shape index (κ2) is 7.97. The van der Waals surface area contributed by atoms with Crippen LogP contribution in [0, 0.1) is 6.92 Å². The van der Waals surface area contributed by atoms with E-state index in [-0.39, 0.29) is 5.91 Å². The first kappa shape index (κ1) is 18.0. The fourth-order valence-corrected chi connectivity index (χ4v) is 2.18. The molecule has 0 aliphatic carbocycles. The Morgan fingerprint density at radius 2 is 2.00 bits per heavy atom. The number of ether oxygens (including phenoxy) is 2. The van der Waals surface area contributed by atoms with Gasteiger partial charge in [0, 0.05) is 32.0 Å². The molecule has 1 heterocycles. The van der Waals surface area contributed by atoms with Crippen molar-refractivity contribution >= 4 is 5.91 Å². The van der Waals surface area contributed by atoms with E-state index >= 15 is 0 Å². The Morgan fingerprint density at radius 3 is 2.67 bits per heavy atom. The highest BCUT2D eigenvalue weighted by Gasteiger charge is 2.31. The van der Waals surface area contributed by atoms with Crippen molar-refractivity contribution in [1.82, 2.24) is 15.1 Å². The molecule has 1 N–H and O–H groups in total. The third kappa shape index (κ3) is 4.58. The monoisotopic (exact) mass is 331 g/mol. The summed E-state index contributed by atoms with van der Waals surface area (Å²) in [6.07, 6.45) is 2.65. The van der Waals surface area contributed by atoms with Crippen molar-refractivity contribution in [2.45, 2.75) is 32.8 Å². The van der Waals surface area contributed by atoms with Crippen LogP contribution < -0.4 is 10.1 Å². The lowest BCUT2D eigenvalue weighted by molar-refractivity contribution is -0.134. The topological polar surface area (TPSA) is 65.4 Å². The number of nitrogens with zero attached hydrogens (tertiary/aromatic N) is 2. The molecule has 130 valence electrons. The van der Waals surface area contributed by atoms with E-state index < -0.39 is 5.60 Å². The van der Waals surface area contributed by atoms with E-state index in [0.717, 1.165) is 17.7 Å². The Labute approximate surface area is 142 Å². The van der Waals surface area contributed by atoms with E-state index in [0.29, 0.717) is 19.0 Å². The maximum absolute atomic E-state index is 12.3. The number of rotatable bonds is 8. The molecule has 6 heteroatoms. The number of aryl methyl sites for hydroxylation is 1. The summed E-state index contributed by atoms with van der Waals surface area (Å²) in [7, 11) is 1.64. The molecular weight excluding hydrogens is 306 g/mol. The molecule has 1 amide bonds. The molecule has 2 rings (SSSR count). The highest BCUT2D eigenvalue weighted by atomic mass is 16.5. The van der Waals surface area contributed by atoms with Gasteiger partial charge in [-0.05, 0) is 39.3 Å². The maximum atomic E-state index is 12.3. The second-order valence-corrected chi connectivity index (χ2v) is 6.11. The number of hydrogen-bond donors (Lipinski definition) is 1. The quantitative estimate of drug-likeness (QED) is 0.755. The number of carbonyl (C=O) groups excluding carboxylic acids is 1. The number of benzene rings is 1. The summed E-state index contributed by atoms with van der Waals surface area (Å²) < 4.78 is 12.6. The first-order valence-electron chi connectivity index (χ1n) is 8.02. The van der Waals surface area contributed by atoms with E-state index in [1.165, 1.54) is 0 Å². The van der Waals surface area contributed by atoms with Gasteiger partial charge in [-0.25, -0.2) is 4.68 Å². The van der Waals surface area contributed by atoms with Crippen molar-refractivity contribution in [2.75, 3.05) is 20.3 Å². The van der Waals surface area contributed by atoms with Gasteiger partial charge in [-0.2, -0.15) is 0 Å². The Kier molecular flexibility index (Phi) is 5.98. The zero-order valence-electron chi connectivity index (χ0n) is 14.7. The SMILES string of the molecule is COCCCNC(=O)C(C)(C)Oc1nn(-c2ccccc2)cc1C. The van der Waals surface area contributed by atoms with Crippen LogP contribution in [0.5, 0.6) is 5.88 Å². The van der Waals surface area contributed by atoms with Gasteiger partial charge in [-0.1, -0.05) is 18.2 Å². The number of amides is 1. The van der Waals surface area contributed by atoms with Crippen LogP contribution in [0.1, 0.15) is 25.8 Å². The van der Waals surface area contributed by atoms with Crippen LogP contribution >= 0.6 is 0 Å². The van der Waals surface area contributed by atoms with E-state index in [4.69, 9.17) is 9.47 Å². The predicted octanol–water partition coefficient (Wildman–Crippen LogP) is 2.49.